The van der Waals surface area contributed by atoms with Crippen molar-refractivity contribution in [2.45, 2.75) is 33.2 Å². The van der Waals surface area contributed by atoms with Crippen molar-refractivity contribution in [3.8, 4) is 0 Å². The summed E-state index contributed by atoms with van der Waals surface area (Å²) in [6.45, 7) is 4.92. The number of rotatable bonds is 7. The van der Waals surface area contributed by atoms with Gasteiger partial charge in [0, 0.05) is 24.2 Å². The molecule has 0 bridgehead atoms. The number of hydrogen-bond acceptors (Lipinski definition) is 4. The van der Waals surface area contributed by atoms with E-state index in [-0.39, 0.29) is 18.1 Å². The van der Waals surface area contributed by atoms with Crippen molar-refractivity contribution in [2.75, 3.05) is 13.2 Å². The Labute approximate surface area is 129 Å². The van der Waals surface area contributed by atoms with Crippen LogP contribution in [0.4, 0.5) is 4.79 Å². The fourth-order valence-corrected chi connectivity index (χ4v) is 2.30. The number of aromatic nitrogens is 3. The average Bonchev–Trinajstić information content (AvgIpc) is 3.04. The van der Waals surface area contributed by atoms with E-state index in [1.165, 1.54) is 0 Å². The van der Waals surface area contributed by atoms with E-state index >= 15 is 0 Å². The maximum absolute atomic E-state index is 11.9. The Bertz CT molecular complexity index is 613. The molecule has 2 heterocycles. The lowest BCUT2D eigenvalue weighted by atomic mass is 9.83. The van der Waals surface area contributed by atoms with Crippen LogP contribution in [0, 0.1) is 5.41 Å². The summed E-state index contributed by atoms with van der Waals surface area (Å²) < 4.78 is 1.69. The summed E-state index contributed by atoms with van der Waals surface area (Å²) in [6.07, 6.45) is 5.00. The highest BCUT2D eigenvalue weighted by molar-refractivity contribution is 5.73. The van der Waals surface area contributed by atoms with Crippen LogP contribution in [0.25, 0.3) is 5.65 Å². The van der Waals surface area contributed by atoms with Gasteiger partial charge >= 0.3 is 6.03 Å². The van der Waals surface area contributed by atoms with Crippen LogP contribution in [-0.2, 0) is 6.54 Å². The molecule has 0 aliphatic heterocycles. The normalized spacial score (nSPS) is 11.6. The number of fused-ring (bicyclic) bond motifs is 1. The number of nitrogens with one attached hydrogen (secondary N) is 2. The van der Waals surface area contributed by atoms with E-state index in [1.54, 1.807) is 16.9 Å². The molecule has 0 fully saturated rings. The molecular weight excluding hydrogens is 282 g/mol. The Hall–Kier alpha value is -2.15. The van der Waals surface area contributed by atoms with Crippen molar-refractivity contribution < 1.29 is 9.90 Å². The van der Waals surface area contributed by atoms with Crippen molar-refractivity contribution in [2.24, 2.45) is 5.41 Å². The molecule has 0 saturated heterocycles. The lowest BCUT2D eigenvalue weighted by Gasteiger charge is -2.29. The quantitative estimate of drug-likeness (QED) is 0.719. The lowest BCUT2D eigenvalue weighted by Crippen LogP contribution is -2.43. The Balaban J connectivity index is 1.89. The molecule has 0 aromatic carbocycles. The summed E-state index contributed by atoms with van der Waals surface area (Å²) in [5, 5.41) is 19.3. The number of aliphatic hydroxyl groups excluding tert-OH is 1. The summed E-state index contributed by atoms with van der Waals surface area (Å²) in [4.78, 5) is 16.1. The van der Waals surface area contributed by atoms with Crippen LogP contribution in [0.5, 0.6) is 0 Å². The van der Waals surface area contributed by atoms with Gasteiger partial charge in [-0.05, 0) is 18.9 Å². The summed E-state index contributed by atoms with van der Waals surface area (Å²) in [7, 11) is 0. The van der Waals surface area contributed by atoms with Gasteiger partial charge in [0.15, 0.2) is 5.65 Å². The minimum absolute atomic E-state index is 0.0680. The summed E-state index contributed by atoms with van der Waals surface area (Å²) in [5.74, 6) is 0. The molecule has 0 aliphatic rings. The molecule has 22 heavy (non-hydrogen) atoms. The monoisotopic (exact) mass is 305 g/mol. The standard InChI is InChI=1S/C15H23N5O2/c1-3-15(4-2,11-21)10-18-14(22)17-9-12-5-7-16-13-6-8-19-20(12)13/h5-8,21H,3-4,9-11H2,1-2H3,(H2,17,18,22). The molecule has 0 unspecified atom stereocenters. The Morgan fingerprint density at radius 2 is 2.05 bits per heavy atom. The van der Waals surface area contributed by atoms with Gasteiger partial charge in [0.2, 0.25) is 0 Å². The van der Waals surface area contributed by atoms with Crippen LogP contribution in [0.1, 0.15) is 32.4 Å². The van der Waals surface area contributed by atoms with Gasteiger partial charge in [0.25, 0.3) is 0 Å². The number of urea groups is 1. The molecule has 0 radical (unpaired) electrons. The molecule has 7 heteroatoms. The van der Waals surface area contributed by atoms with Crippen molar-refractivity contribution >= 4 is 11.7 Å². The maximum Gasteiger partial charge on any atom is 0.315 e. The van der Waals surface area contributed by atoms with Gasteiger partial charge in [-0.15, -0.1) is 0 Å². The molecule has 2 aromatic rings. The third-order valence-electron chi connectivity index (χ3n) is 4.26. The first kappa shape index (κ1) is 16.2. The zero-order chi connectivity index (χ0) is 16.0. The van der Waals surface area contributed by atoms with Crippen molar-refractivity contribution in [1.82, 2.24) is 25.2 Å². The van der Waals surface area contributed by atoms with E-state index in [0.717, 1.165) is 24.2 Å². The zero-order valence-electron chi connectivity index (χ0n) is 13.0. The Morgan fingerprint density at radius 3 is 2.73 bits per heavy atom. The number of nitrogens with zero attached hydrogens (tertiary/aromatic N) is 3. The number of aliphatic hydroxyl groups is 1. The Kier molecular flexibility index (Phi) is 5.32. The van der Waals surface area contributed by atoms with E-state index in [9.17, 15) is 9.90 Å². The van der Waals surface area contributed by atoms with Gasteiger partial charge < -0.3 is 15.7 Å². The van der Waals surface area contributed by atoms with E-state index in [4.69, 9.17) is 0 Å². The molecule has 120 valence electrons. The van der Waals surface area contributed by atoms with Gasteiger partial charge in [0.1, 0.15) is 0 Å². The fraction of sp³-hybridized carbons (Fsp3) is 0.533. The molecule has 3 N–H and O–H groups in total. The lowest BCUT2D eigenvalue weighted by molar-refractivity contribution is 0.115. The number of amides is 2. The summed E-state index contributed by atoms with van der Waals surface area (Å²) in [5.41, 5.74) is 1.35. The third-order valence-corrected chi connectivity index (χ3v) is 4.26. The van der Waals surface area contributed by atoms with Gasteiger partial charge in [-0.1, -0.05) is 13.8 Å². The molecule has 0 saturated carbocycles. The number of carbonyl (C=O) groups is 1. The van der Waals surface area contributed by atoms with E-state index in [0.29, 0.717) is 13.1 Å². The molecule has 0 spiro atoms. The first-order valence-electron chi connectivity index (χ1n) is 7.54. The third kappa shape index (κ3) is 3.54. The molecule has 2 rings (SSSR count). The average molecular weight is 305 g/mol. The van der Waals surface area contributed by atoms with Gasteiger partial charge in [0.05, 0.1) is 25.0 Å². The van der Waals surface area contributed by atoms with Crippen molar-refractivity contribution in [1.29, 1.82) is 0 Å². The second-order valence-corrected chi connectivity index (χ2v) is 5.44. The van der Waals surface area contributed by atoms with E-state index < -0.39 is 0 Å². The zero-order valence-corrected chi connectivity index (χ0v) is 13.0. The second-order valence-electron chi connectivity index (χ2n) is 5.44. The van der Waals surface area contributed by atoms with Crippen LogP contribution < -0.4 is 10.6 Å². The Morgan fingerprint density at radius 1 is 1.27 bits per heavy atom. The molecule has 2 amide bonds. The van der Waals surface area contributed by atoms with Crippen LogP contribution in [-0.4, -0.2) is 38.9 Å². The van der Waals surface area contributed by atoms with Gasteiger partial charge in [-0.2, -0.15) is 5.10 Å². The van der Waals surface area contributed by atoms with Crippen LogP contribution in [0.3, 0.4) is 0 Å². The second kappa shape index (κ2) is 7.22. The van der Waals surface area contributed by atoms with E-state index in [1.807, 2.05) is 26.0 Å². The summed E-state index contributed by atoms with van der Waals surface area (Å²) >= 11 is 0. The first-order valence-corrected chi connectivity index (χ1v) is 7.54. The van der Waals surface area contributed by atoms with Crippen LogP contribution >= 0.6 is 0 Å². The molecular formula is C15H23N5O2. The highest BCUT2D eigenvalue weighted by Gasteiger charge is 2.25. The largest absolute Gasteiger partial charge is 0.396 e. The first-order chi connectivity index (χ1) is 10.6. The van der Waals surface area contributed by atoms with Gasteiger partial charge in [-0.25, -0.2) is 14.3 Å². The topological polar surface area (TPSA) is 91.5 Å². The van der Waals surface area contributed by atoms with Gasteiger partial charge in [-0.3, -0.25) is 0 Å². The maximum atomic E-state index is 11.9. The van der Waals surface area contributed by atoms with Crippen molar-refractivity contribution in [3.05, 3.63) is 30.2 Å². The SMILES string of the molecule is CCC(CC)(CO)CNC(=O)NCc1ccnc2ccnn12. The smallest absolute Gasteiger partial charge is 0.315 e. The molecule has 0 atom stereocenters. The highest BCUT2D eigenvalue weighted by Crippen LogP contribution is 2.24. The number of hydrogen-bond donors (Lipinski definition) is 3. The van der Waals surface area contributed by atoms with Crippen molar-refractivity contribution in [3.63, 3.8) is 0 Å². The predicted octanol–water partition coefficient (Wildman–Crippen LogP) is 1.33. The minimum Gasteiger partial charge on any atom is -0.396 e. The van der Waals surface area contributed by atoms with E-state index in [2.05, 4.69) is 20.7 Å². The summed E-state index contributed by atoms with van der Waals surface area (Å²) in [6, 6.07) is 3.37. The van der Waals surface area contributed by atoms with Crippen LogP contribution in [0.2, 0.25) is 0 Å². The number of carbonyl (C=O) groups excluding carboxylic acids is 1. The molecule has 0 aliphatic carbocycles. The van der Waals surface area contributed by atoms with Crippen LogP contribution in [0.15, 0.2) is 24.5 Å². The molecule has 7 nitrogen and oxygen atoms in total. The fourth-order valence-electron chi connectivity index (χ4n) is 2.30. The molecule has 2 aromatic heterocycles. The predicted molar refractivity (Wildman–Crippen MR) is 83.3 cm³/mol. The highest BCUT2D eigenvalue weighted by atomic mass is 16.3. The minimum atomic E-state index is -0.253.